The van der Waals surface area contributed by atoms with Crippen LogP contribution in [0, 0.1) is 11.8 Å². The van der Waals surface area contributed by atoms with Gasteiger partial charge in [-0.3, -0.25) is 4.90 Å². The van der Waals surface area contributed by atoms with Crippen molar-refractivity contribution < 1.29 is 0 Å². The number of piperidine rings is 1. The molecule has 0 aromatic rings. The van der Waals surface area contributed by atoms with Gasteiger partial charge in [-0.1, -0.05) is 26.2 Å². The normalized spacial score (nSPS) is 34.8. The van der Waals surface area contributed by atoms with E-state index in [1.165, 1.54) is 51.5 Å². The summed E-state index contributed by atoms with van der Waals surface area (Å²) in [5, 5.41) is 0. The van der Waals surface area contributed by atoms with Gasteiger partial charge in [-0.2, -0.15) is 0 Å². The van der Waals surface area contributed by atoms with E-state index in [0.717, 1.165) is 24.4 Å². The summed E-state index contributed by atoms with van der Waals surface area (Å²) in [5.74, 6) is 1.71. The molecule has 2 nitrogen and oxygen atoms in total. The van der Waals surface area contributed by atoms with Gasteiger partial charge in [0, 0.05) is 18.6 Å². The summed E-state index contributed by atoms with van der Waals surface area (Å²) in [7, 11) is 0. The molecule has 0 spiro atoms. The highest BCUT2D eigenvalue weighted by atomic mass is 15.2. The fraction of sp³-hybridized carbons (Fsp3) is 1.00. The Morgan fingerprint density at radius 1 is 1.12 bits per heavy atom. The maximum atomic E-state index is 6.43. The van der Waals surface area contributed by atoms with Gasteiger partial charge < -0.3 is 5.73 Å². The molecule has 0 aromatic carbocycles. The van der Waals surface area contributed by atoms with Gasteiger partial charge >= 0.3 is 0 Å². The highest BCUT2D eigenvalue weighted by molar-refractivity contribution is 4.84. The average Bonchev–Trinajstić information content (AvgIpc) is 2.34. The summed E-state index contributed by atoms with van der Waals surface area (Å²) in [6.07, 6.45) is 9.72. The molecular weight excluding hydrogens is 208 g/mol. The summed E-state index contributed by atoms with van der Waals surface area (Å²) in [5.41, 5.74) is 6.43. The molecule has 1 aliphatic carbocycles. The van der Waals surface area contributed by atoms with E-state index >= 15 is 0 Å². The molecule has 3 atom stereocenters. The maximum Gasteiger partial charge on any atom is 0.0196 e. The lowest BCUT2D eigenvalue weighted by atomic mass is 9.83. The van der Waals surface area contributed by atoms with Gasteiger partial charge in [-0.25, -0.2) is 0 Å². The first-order chi connectivity index (χ1) is 8.16. The molecule has 0 bridgehead atoms. The summed E-state index contributed by atoms with van der Waals surface area (Å²) in [6.45, 7) is 7.17. The number of nitrogens with two attached hydrogens (primary N) is 1. The van der Waals surface area contributed by atoms with Crippen molar-refractivity contribution in [3.8, 4) is 0 Å². The average molecular weight is 238 g/mol. The smallest absolute Gasteiger partial charge is 0.0196 e. The molecule has 1 saturated carbocycles. The van der Waals surface area contributed by atoms with E-state index < -0.39 is 0 Å². The summed E-state index contributed by atoms with van der Waals surface area (Å²) < 4.78 is 0. The second kappa shape index (κ2) is 6.19. The van der Waals surface area contributed by atoms with Crippen molar-refractivity contribution >= 4 is 0 Å². The first-order valence-electron chi connectivity index (χ1n) is 7.66. The van der Waals surface area contributed by atoms with E-state index in [1.807, 2.05) is 0 Å². The van der Waals surface area contributed by atoms with Crippen LogP contribution in [0.1, 0.15) is 58.8 Å². The molecule has 2 rings (SSSR count). The Morgan fingerprint density at radius 2 is 1.82 bits per heavy atom. The molecule has 2 aliphatic rings. The van der Waals surface area contributed by atoms with Crippen LogP contribution in [-0.4, -0.2) is 30.1 Å². The highest BCUT2D eigenvalue weighted by Crippen LogP contribution is 2.28. The molecule has 1 heterocycles. The molecule has 3 unspecified atom stereocenters. The molecule has 2 fully saturated rings. The van der Waals surface area contributed by atoms with Crippen LogP contribution < -0.4 is 5.73 Å². The van der Waals surface area contributed by atoms with Crippen molar-refractivity contribution in [3.05, 3.63) is 0 Å². The van der Waals surface area contributed by atoms with Crippen molar-refractivity contribution in [3.63, 3.8) is 0 Å². The molecule has 0 aromatic heterocycles. The van der Waals surface area contributed by atoms with Crippen molar-refractivity contribution in [1.29, 1.82) is 0 Å². The zero-order chi connectivity index (χ0) is 12.3. The summed E-state index contributed by atoms with van der Waals surface area (Å²) >= 11 is 0. The zero-order valence-electron chi connectivity index (χ0n) is 11.7. The third-order valence-corrected chi connectivity index (χ3v) is 4.98. The Hall–Kier alpha value is -0.0800. The van der Waals surface area contributed by atoms with Crippen molar-refractivity contribution in [2.45, 2.75) is 70.9 Å². The minimum absolute atomic E-state index is 0.422. The Kier molecular flexibility index (Phi) is 4.87. The Morgan fingerprint density at radius 3 is 2.47 bits per heavy atom. The van der Waals surface area contributed by atoms with Crippen molar-refractivity contribution in [1.82, 2.24) is 4.90 Å². The quantitative estimate of drug-likeness (QED) is 0.819. The second-order valence-corrected chi connectivity index (χ2v) is 6.54. The summed E-state index contributed by atoms with van der Waals surface area (Å²) in [4.78, 5) is 2.64. The minimum atomic E-state index is 0.422. The number of likely N-dealkylation sites (tertiary alicyclic amines) is 1. The lowest BCUT2D eigenvalue weighted by Crippen LogP contribution is -2.49. The Bertz CT molecular complexity index is 223. The van der Waals surface area contributed by atoms with Crippen LogP contribution in [0.25, 0.3) is 0 Å². The minimum Gasteiger partial charge on any atom is -0.326 e. The monoisotopic (exact) mass is 238 g/mol. The molecule has 17 heavy (non-hydrogen) atoms. The van der Waals surface area contributed by atoms with Gasteiger partial charge in [0.2, 0.25) is 0 Å². The predicted molar refractivity (Wildman–Crippen MR) is 74.0 cm³/mol. The first-order valence-corrected chi connectivity index (χ1v) is 7.66. The lowest BCUT2D eigenvalue weighted by Gasteiger charge is -2.39. The SMILES string of the molecule is CC1CCN(CC(N)C2CCCCC2)C(C)C1. The van der Waals surface area contributed by atoms with Crippen LogP contribution in [0.15, 0.2) is 0 Å². The standard InChI is InChI=1S/C15H30N2/c1-12-8-9-17(13(2)10-12)11-15(16)14-6-4-3-5-7-14/h12-15H,3-11,16H2,1-2H3. The van der Waals surface area contributed by atoms with Crippen molar-refractivity contribution in [2.24, 2.45) is 17.6 Å². The van der Waals surface area contributed by atoms with Crippen LogP contribution in [0.2, 0.25) is 0 Å². The molecule has 1 saturated heterocycles. The molecule has 2 N–H and O–H groups in total. The van der Waals surface area contributed by atoms with Crippen LogP contribution in [-0.2, 0) is 0 Å². The van der Waals surface area contributed by atoms with E-state index in [9.17, 15) is 0 Å². The van der Waals surface area contributed by atoms with Gasteiger partial charge in [0.15, 0.2) is 0 Å². The van der Waals surface area contributed by atoms with Gasteiger partial charge in [0.05, 0.1) is 0 Å². The third-order valence-electron chi connectivity index (χ3n) is 4.98. The van der Waals surface area contributed by atoms with E-state index in [1.54, 1.807) is 0 Å². The van der Waals surface area contributed by atoms with Gasteiger partial charge in [0.25, 0.3) is 0 Å². The Balaban J connectivity index is 1.79. The van der Waals surface area contributed by atoms with Gasteiger partial charge in [0.1, 0.15) is 0 Å². The topological polar surface area (TPSA) is 29.3 Å². The van der Waals surface area contributed by atoms with Gasteiger partial charge in [-0.05, 0) is 51.0 Å². The first kappa shape index (κ1) is 13.4. The van der Waals surface area contributed by atoms with Crippen LogP contribution in [0.4, 0.5) is 0 Å². The zero-order valence-corrected chi connectivity index (χ0v) is 11.7. The fourth-order valence-electron chi connectivity index (χ4n) is 3.71. The van der Waals surface area contributed by atoms with E-state index in [-0.39, 0.29) is 0 Å². The largest absolute Gasteiger partial charge is 0.326 e. The molecule has 0 radical (unpaired) electrons. The molecule has 1 aliphatic heterocycles. The molecular formula is C15H30N2. The Labute approximate surface area is 107 Å². The van der Waals surface area contributed by atoms with Crippen LogP contribution in [0.3, 0.4) is 0 Å². The number of nitrogens with zero attached hydrogens (tertiary/aromatic N) is 1. The molecule has 0 amide bonds. The maximum absolute atomic E-state index is 6.43. The van der Waals surface area contributed by atoms with Crippen LogP contribution in [0.5, 0.6) is 0 Å². The predicted octanol–water partition coefficient (Wildman–Crippen LogP) is 3.01. The highest BCUT2D eigenvalue weighted by Gasteiger charge is 2.27. The number of rotatable bonds is 3. The number of hydrogen-bond donors (Lipinski definition) is 1. The van der Waals surface area contributed by atoms with E-state index in [0.29, 0.717) is 6.04 Å². The second-order valence-electron chi connectivity index (χ2n) is 6.54. The lowest BCUT2D eigenvalue weighted by molar-refractivity contribution is 0.108. The van der Waals surface area contributed by atoms with E-state index in [4.69, 9.17) is 5.73 Å². The molecule has 2 heteroatoms. The van der Waals surface area contributed by atoms with Crippen molar-refractivity contribution in [2.75, 3.05) is 13.1 Å². The molecule has 100 valence electrons. The summed E-state index contributed by atoms with van der Waals surface area (Å²) in [6, 6.07) is 1.17. The van der Waals surface area contributed by atoms with Crippen LogP contribution >= 0.6 is 0 Å². The number of hydrogen-bond acceptors (Lipinski definition) is 2. The fourth-order valence-corrected chi connectivity index (χ4v) is 3.71. The van der Waals surface area contributed by atoms with Gasteiger partial charge in [-0.15, -0.1) is 0 Å². The third kappa shape index (κ3) is 3.69. The van der Waals surface area contributed by atoms with E-state index in [2.05, 4.69) is 18.7 Å².